The van der Waals surface area contributed by atoms with E-state index in [1.54, 1.807) is 0 Å². The summed E-state index contributed by atoms with van der Waals surface area (Å²) in [5, 5.41) is 16.2. The molecular formula is C86H126F5N7O36. The van der Waals surface area contributed by atoms with Crippen molar-refractivity contribution in [3.63, 3.8) is 0 Å². The Morgan fingerprint density at radius 3 is 0.933 bits per heavy atom. The Morgan fingerprint density at radius 2 is 0.627 bits per heavy atom. The van der Waals surface area contributed by atoms with Crippen LogP contribution < -0.4 is 36.6 Å². The van der Waals surface area contributed by atoms with E-state index in [0.717, 1.165) is 62.3 Å². The molecule has 17 atom stereocenters. The van der Waals surface area contributed by atoms with Crippen LogP contribution in [0.4, 0.5) is 22.0 Å². The van der Waals surface area contributed by atoms with Gasteiger partial charge >= 0.3 is 59.7 Å². The first-order valence-corrected chi connectivity index (χ1v) is 44.1. The van der Waals surface area contributed by atoms with Crippen LogP contribution in [0.1, 0.15) is 199 Å². The van der Waals surface area contributed by atoms with Gasteiger partial charge in [-0.2, -0.15) is 8.78 Å². The highest BCUT2D eigenvalue weighted by molar-refractivity contribution is 5.81. The topological polar surface area (TPSA) is 541 Å². The molecule has 7 amide bonds. The van der Waals surface area contributed by atoms with Crippen LogP contribution >= 0.6 is 0 Å². The van der Waals surface area contributed by atoms with Gasteiger partial charge in [-0.25, -0.2) is 13.2 Å². The number of nitrogens with zero attached hydrogens (tertiary/aromatic N) is 1. The van der Waals surface area contributed by atoms with Crippen LogP contribution in [0.3, 0.4) is 0 Å². The smallest absolute Gasteiger partial charge is 0.311 e. The minimum atomic E-state index is -2.45. The number of benzene rings is 1. The van der Waals surface area contributed by atoms with Crippen molar-refractivity contribution in [2.75, 3.05) is 92.7 Å². The predicted octanol–water partition coefficient (Wildman–Crippen LogP) is 2.92. The molecule has 0 unspecified atom stereocenters. The fraction of sp³-hybridized carbons (Fsp3) is 0.733. The summed E-state index contributed by atoms with van der Waals surface area (Å²) >= 11 is 0. The molecule has 3 heterocycles. The summed E-state index contributed by atoms with van der Waals surface area (Å²) in [4.78, 5) is 217. The Morgan fingerprint density at radius 1 is 0.336 bits per heavy atom. The van der Waals surface area contributed by atoms with Crippen molar-refractivity contribution in [3.8, 4) is 5.75 Å². The molecular weight excluding hydrogens is 1800 g/mol. The standard InChI is InChI=1S/C86H126F5N7O36/c1-45(99)95-72-80(128-54(10)108)76(125-51(7)105)60(39-119-48(4)102)131-84(72)116-34-26-17-14-22-30-92-63(111)42-122-58-37-57(83(115)98(13)33-25-20-21-29-66(114)134-79-70(90)68(88)67(87)69(89)71(79)91)38-59(123-43-64(112)93-31-23-15-18-27-35-117-85-73(96-46(2)100)81(129-55(11)109)77(126-52(8)106)61(132-85)40-120-49(5)103)75(58)124-44-65(113)94-32-24-16-19-28-36-118-86-74(97-47(3)101)82(130-56(12)110)78(127-53(9)107)62(133-86)41-121-50(6)104/h57-62,72-78,80-82,84-86H,14-44H2,1-13H3,(H,92,111)(H,93,112)(H,94,113)(H,95,99)(H,96,100)(H,97,101)/t57?,58-,59-,60-,61-,62-,72-,73-,74-,75?,76+,77+,78+,80-,81-,82-,84-,85-,86-/m1/s1. The zero-order valence-electron chi connectivity index (χ0n) is 77.4. The number of rotatable bonds is 56. The van der Waals surface area contributed by atoms with Gasteiger partial charge in [-0.3, -0.25) is 81.5 Å². The van der Waals surface area contributed by atoms with E-state index in [2.05, 4.69) is 36.6 Å². The molecule has 6 N–H and O–H groups in total. The molecule has 5 rings (SSSR count). The van der Waals surface area contributed by atoms with E-state index < -0.39 is 298 Å². The minimum Gasteiger partial charge on any atom is -0.463 e. The third kappa shape index (κ3) is 40.6. The van der Waals surface area contributed by atoms with Gasteiger partial charge in [0.15, 0.2) is 55.5 Å². The van der Waals surface area contributed by atoms with Crippen LogP contribution in [-0.2, 0) is 167 Å². The number of hydrogen-bond donors (Lipinski definition) is 6. The SMILES string of the molecule is CC(=O)N[C@H]1[C@H](OCCCCCCNC(=O)COC2[C@H](OCC(=O)NCCCCCCO[C@@H]3O[C@H](COC(C)=O)[C@H](OC(C)=O)[C@H](OC(C)=O)[C@H]3NC(C)=O)CC(C(=O)N(C)CCCCCC(=O)Oc3c(F)c(F)c(F)c(F)c3F)C[C@H]2OCC(=O)NCCCCCCO[C@@H]2O[C@H](COC(C)=O)[C@H](OC(C)=O)[C@H](OC(C)=O)[C@H]2NC(C)=O)O[C@H](COC(C)=O)[C@H](OC(C)=O)[C@@H]1OC(C)=O. The van der Waals surface area contributed by atoms with Crippen LogP contribution in [0.2, 0.25) is 0 Å². The number of nitrogens with one attached hydrogen (secondary N) is 6. The first-order chi connectivity index (χ1) is 63.5. The number of carbonyl (C=O) groups excluding carboxylic acids is 17. The molecule has 756 valence electrons. The molecule has 0 bridgehead atoms. The van der Waals surface area contributed by atoms with Gasteiger partial charge < -0.3 is 127 Å². The minimum absolute atomic E-state index is 0.00846. The van der Waals surface area contributed by atoms with Crippen molar-refractivity contribution in [2.45, 2.75) is 309 Å². The lowest BCUT2D eigenvalue weighted by Gasteiger charge is -2.44. The molecule has 1 aromatic rings. The fourth-order valence-electron chi connectivity index (χ4n) is 15.0. The monoisotopic (exact) mass is 1930 g/mol. The molecule has 48 heteroatoms. The first-order valence-electron chi connectivity index (χ1n) is 44.1. The number of ether oxygens (including phenoxy) is 19. The van der Waals surface area contributed by atoms with Crippen LogP contribution in [-0.4, -0.2) is 309 Å². The summed E-state index contributed by atoms with van der Waals surface area (Å²) in [6.07, 6.45) is -14.4. The van der Waals surface area contributed by atoms with Gasteiger partial charge in [0.2, 0.25) is 76.2 Å². The van der Waals surface area contributed by atoms with Crippen molar-refractivity contribution in [3.05, 3.63) is 29.1 Å². The molecule has 134 heavy (non-hydrogen) atoms. The van der Waals surface area contributed by atoms with Gasteiger partial charge in [-0.05, 0) is 64.2 Å². The Labute approximate surface area is 770 Å². The van der Waals surface area contributed by atoms with Gasteiger partial charge in [-0.15, -0.1) is 0 Å². The third-order valence-corrected chi connectivity index (χ3v) is 20.8. The molecule has 3 saturated heterocycles. The van der Waals surface area contributed by atoms with Crippen molar-refractivity contribution in [2.24, 2.45) is 5.92 Å². The van der Waals surface area contributed by atoms with E-state index >= 15 is 0 Å². The summed E-state index contributed by atoms with van der Waals surface area (Å²) in [6, 6.07) is -3.60. The van der Waals surface area contributed by atoms with Crippen LogP contribution in [0.15, 0.2) is 0 Å². The summed E-state index contributed by atoms with van der Waals surface area (Å²) in [5.74, 6) is -26.9. The highest BCUT2D eigenvalue weighted by Gasteiger charge is 2.55. The van der Waals surface area contributed by atoms with E-state index in [4.69, 9.17) is 85.3 Å². The summed E-state index contributed by atoms with van der Waals surface area (Å²) in [5.41, 5.74) is 0. The number of unbranched alkanes of at least 4 members (excludes halogenated alkanes) is 11. The summed E-state index contributed by atoms with van der Waals surface area (Å²) in [7, 11) is 1.46. The highest BCUT2D eigenvalue weighted by atomic mass is 19.2. The molecule has 1 aliphatic carbocycles. The predicted molar refractivity (Wildman–Crippen MR) is 444 cm³/mol. The number of esters is 10. The second-order valence-electron chi connectivity index (χ2n) is 32.2. The van der Waals surface area contributed by atoms with Gasteiger partial charge in [0, 0.05) is 148 Å². The van der Waals surface area contributed by atoms with Crippen LogP contribution in [0, 0.1) is 35.0 Å². The zero-order chi connectivity index (χ0) is 99.4. The maximum absolute atomic E-state index is 14.6. The second kappa shape index (κ2) is 59.4. The number of halogens is 5. The Hall–Kier alpha value is -10.5. The summed E-state index contributed by atoms with van der Waals surface area (Å²) in [6.45, 7) is 10.7. The molecule has 3 aliphatic heterocycles. The van der Waals surface area contributed by atoms with Crippen molar-refractivity contribution >= 4 is 101 Å². The molecule has 1 aromatic carbocycles. The van der Waals surface area contributed by atoms with E-state index in [-0.39, 0.29) is 78.1 Å². The molecule has 0 spiro atoms. The van der Waals surface area contributed by atoms with E-state index in [1.165, 1.54) is 32.7 Å². The molecule has 1 saturated carbocycles. The second-order valence-corrected chi connectivity index (χ2v) is 32.2. The zero-order valence-corrected chi connectivity index (χ0v) is 77.4. The van der Waals surface area contributed by atoms with Gasteiger partial charge in [0.05, 0.1) is 12.2 Å². The van der Waals surface area contributed by atoms with E-state index in [1.807, 2.05) is 0 Å². The van der Waals surface area contributed by atoms with Crippen LogP contribution in [0.25, 0.3) is 0 Å². The molecule has 4 fully saturated rings. The number of carbonyl (C=O) groups is 17. The van der Waals surface area contributed by atoms with Crippen molar-refractivity contribution < 1.29 is 193 Å². The lowest BCUT2D eigenvalue weighted by Crippen LogP contribution is -2.66. The van der Waals surface area contributed by atoms with Crippen LogP contribution in [0.5, 0.6) is 5.75 Å². The number of amides is 7. The van der Waals surface area contributed by atoms with Crippen molar-refractivity contribution in [1.82, 2.24) is 36.8 Å². The quantitative estimate of drug-likeness (QED) is 0.0104. The maximum Gasteiger partial charge on any atom is 0.311 e. The van der Waals surface area contributed by atoms with Gasteiger partial charge in [0.25, 0.3) is 0 Å². The average molecular weight is 1930 g/mol. The average Bonchev–Trinajstić information content (AvgIpc) is 0.796. The Kier molecular flexibility index (Phi) is 50.5. The van der Waals surface area contributed by atoms with Gasteiger partial charge in [0.1, 0.15) is 82.2 Å². The maximum atomic E-state index is 14.6. The Bertz CT molecular complexity index is 3940. The van der Waals surface area contributed by atoms with Gasteiger partial charge in [-0.1, -0.05) is 44.9 Å². The third-order valence-electron chi connectivity index (χ3n) is 20.8. The largest absolute Gasteiger partial charge is 0.463 e. The fourth-order valence-corrected chi connectivity index (χ4v) is 15.0. The first kappa shape index (κ1) is 114. The molecule has 0 aromatic heterocycles. The molecule has 4 aliphatic rings. The highest BCUT2D eigenvalue weighted by Crippen LogP contribution is 2.36. The molecule has 0 radical (unpaired) electrons. The van der Waals surface area contributed by atoms with Crippen molar-refractivity contribution in [1.29, 1.82) is 0 Å². The van der Waals surface area contributed by atoms with E-state index in [9.17, 15) is 103 Å². The normalized spacial score (nSPS) is 24.2. The number of hydrogen-bond acceptors (Lipinski definition) is 36. The Balaban J connectivity index is 1.30. The lowest BCUT2D eigenvalue weighted by atomic mass is 9.82. The molecule has 43 nitrogen and oxygen atoms in total. The van der Waals surface area contributed by atoms with E-state index in [0.29, 0.717) is 77.0 Å². The summed E-state index contributed by atoms with van der Waals surface area (Å²) < 4.78 is 178. The lowest BCUT2D eigenvalue weighted by molar-refractivity contribution is -0.277.